The van der Waals surface area contributed by atoms with Crippen molar-refractivity contribution in [3.05, 3.63) is 41.5 Å². The molecule has 0 saturated heterocycles. The van der Waals surface area contributed by atoms with E-state index in [4.69, 9.17) is 5.11 Å². The summed E-state index contributed by atoms with van der Waals surface area (Å²) in [4.78, 5) is 4.02. The first-order chi connectivity index (χ1) is 9.04. The number of aliphatic hydroxyl groups is 1. The van der Waals surface area contributed by atoms with Gasteiger partial charge in [0.25, 0.3) is 0 Å². The highest BCUT2D eigenvalue weighted by molar-refractivity contribution is 7.89. The maximum Gasteiger partial charge on any atom is 0.244 e. The minimum Gasteiger partial charge on any atom is -0.390 e. The summed E-state index contributed by atoms with van der Waals surface area (Å²) in [7, 11) is -3.73. The lowest BCUT2D eigenvalue weighted by atomic mass is 10.4. The fourth-order valence-corrected chi connectivity index (χ4v) is 3.03. The minimum atomic E-state index is -3.73. The van der Waals surface area contributed by atoms with E-state index in [0.29, 0.717) is 11.4 Å². The van der Waals surface area contributed by atoms with E-state index in [9.17, 15) is 8.42 Å². The van der Waals surface area contributed by atoms with Gasteiger partial charge in [0.1, 0.15) is 10.6 Å². The molecule has 0 aliphatic carbocycles. The van der Waals surface area contributed by atoms with E-state index in [1.807, 2.05) is 0 Å². The molecule has 2 heterocycles. The highest BCUT2D eigenvalue weighted by atomic mass is 32.2. The van der Waals surface area contributed by atoms with Crippen LogP contribution in [-0.2, 0) is 23.2 Å². The van der Waals surface area contributed by atoms with Gasteiger partial charge in [0.15, 0.2) is 0 Å². The van der Waals surface area contributed by atoms with Gasteiger partial charge in [0.05, 0.1) is 24.5 Å². The van der Waals surface area contributed by atoms with Crippen LogP contribution in [0.25, 0.3) is 0 Å². The number of aromatic amines is 1. The Hall–Kier alpha value is -1.77. The van der Waals surface area contributed by atoms with Crippen LogP contribution >= 0.6 is 0 Å². The number of hydrogen-bond donors (Lipinski definition) is 3. The van der Waals surface area contributed by atoms with Gasteiger partial charge in [-0.05, 0) is 19.1 Å². The number of aryl methyl sites for hydroxylation is 1. The van der Waals surface area contributed by atoms with Crippen molar-refractivity contribution in [3.8, 4) is 0 Å². The van der Waals surface area contributed by atoms with Crippen LogP contribution in [-0.4, -0.2) is 28.7 Å². The second-order valence-corrected chi connectivity index (χ2v) is 5.63. The fourth-order valence-electron chi connectivity index (χ4n) is 1.68. The molecule has 0 aromatic carbocycles. The van der Waals surface area contributed by atoms with Gasteiger partial charge in [-0.25, -0.2) is 13.1 Å². The lowest BCUT2D eigenvalue weighted by molar-refractivity contribution is 0.273. The second kappa shape index (κ2) is 5.47. The molecule has 0 radical (unpaired) electrons. The van der Waals surface area contributed by atoms with Crippen molar-refractivity contribution >= 4 is 10.0 Å². The molecule has 102 valence electrons. The molecule has 2 rings (SSSR count). The molecule has 0 unspecified atom stereocenters. The molecule has 0 saturated carbocycles. The molecule has 19 heavy (non-hydrogen) atoms. The lowest BCUT2D eigenvalue weighted by Gasteiger charge is -2.06. The molecule has 0 amide bonds. The summed E-state index contributed by atoms with van der Waals surface area (Å²) in [6.07, 6.45) is 1.59. The molecule has 2 aromatic heterocycles. The zero-order valence-electron chi connectivity index (χ0n) is 10.3. The van der Waals surface area contributed by atoms with Crippen molar-refractivity contribution in [1.29, 1.82) is 0 Å². The molecular weight excluding hydrogens is 268 g/mol. The van der Waals surface area contributed by atoms with E-state index in [1.54, 1.807) is 31.3 Å². The van der Waals surface area contributed by atoms with Crippen LogP contribution in [0.3, 0.4) is 0 Å². The van der Waals surface area contributed by atoms with Crippen molar-refractivity contribution in [2.75, 3.05) is 0 Å². The molecule has 2 aromatic rings. The Balaban J connectivity index is 2.21. The molecule has 7 nitrogen and oxygen atoms in total. The predicted octanol–water partition coefficient (Wildman–Crippen LogP) is 0.0839. The Kier molecular flexibility index (Phi) is 3.93. The third-order valence-corrected chi connectivity index (χ3v) is 4.15. The first-order valence-electron chi connectivity index (χ1n) is 5.59. The summed E-state index contributed by atoms with van der Waals surface area (Å²) in [5, 5.41) is 15.4. The van der Waals surface area contributed by atoms with Gasteiger partial charge in [0.2, 0.25) is 10.0 Å². The van der Waals surface area contributed by atoms with E-state index >= 15 is 0 Å². The molecule has 0 aliphatic heterocycles. The molecule has 0 atom stereocenters. The zero-order chi connectivity index (χ0) is 13.9. The number of nitrogens with one attached hydrogen (secondary N) is 2. The van der Waals surface area contributed by atoms with E-state index in [0.717, 1.165) is 0 Å². The summed E-state index contributed by atoms with van der Waals surface area (Å²) < 4.78 is 26.7. The molecule has 0 spiro atoms. The van der Waals surface area contributed by atoms with E-state index in [2.05, 4.69) is 19.9 Å². The normalized spacial score (nSPS) is 11.7. The highest BCUT2D eigenvalue weighted by Gasteiger charge is 2.23. The highest BCUT2D eigenvalue weighted by Crippen LogP contribution is 2.17. The Morgan fingerprint density at radius 2 is 2.21 bits per heavy atom. The van der Waals surface area contributed by atoms with Crippen LogP contribution in [0.2, 0.25) is 0 Å². The molecule has 0 fully saturated rings. The molecule has 0 bridgehead atoms. The summed E-state index contributed by atoms with van der Waals surface area (Å²) in [6, 6.07) is 5.25. The number of aromatic nitrogens is 3. The Bertz CT molecular complexity index is 652. The number of nitrogens with zero attached hydrogens (tertiary/aromatic N) is 2. The van der Waals surface area contributed by atoms with Crippen molar-refractivity contribution in [2.24, 2.45) is 0 Å². The smallest absolute Gasteiger partial charge is 0.244 e. The Morgan fingerprint density at radius 3 is 2.84 bits per heavy atom. The first-order valence-corrected chi connectivity index (χ1v) is 7.07. The van der Waals surface area contributed by atoms with Gasteiger partial charge in [-0.15, -0.1) is 0 Å². The largest absolute Gasteiger partial charge is 0.390 e. The summed E-state index contributed by atoms with van der Waals surface area (Å²) in [5.74, 6) is 0. The van der Waals surface area contributed by atoms with Gasteiger partial charge in [-0.2, -0.15) is 5.10 Å². The van der Waals surface area contributed by atoms with Gasteiger partial charge >= 0.3 is 0 Å². The standard InChI is InChI=1S/C11H14N4O3S/c1-8-11(10(7-16)15-14-8)19(17,18)13-6-9-4-2-3-5-12-9/h2-5,13,16H,6-7H2,1H3,(H,14,15). The average molecular weight is 282 g/mol. The van der Waals surface area contributed by atoms with Crippen molar-refractivity contribution in [3.63, 3.8) is 0 Å². The second-order valence-electron chi connectivity index (χ2n) is 3.93. The monoisotopic (exact) mass is 282 g/mol. The number of pyridine rings is 1. The summed E-state index contributed by atoms with van der Waals surface area (Å²) in [6.45, 7) is 1.23. The van der Waals surface area contributed by atoms with E-state index in [1.165, 1.54) is 0 Å². The van der Waals surface area contributed by atoms with Crippen LogP contribution in [0.5, 0.6) is 0 Å². The van der Waals surface area contributed by atoms with Crippen LogP contribution in [0, 0.1) is 6.92 Å². The fraction of sp³-hybridized carbons (Fsp3) is 0.273. The van der Waals surface area contributed by atoms with Crippen LogP contribution in [0.4, 0.5) is 0 Å². The third kappa shape index (κ3) is 2.98. The number of sulfonamides is 1. The molecule has 0 aliphatic rings. The van der Waals surface area contributed by atoms with Gasteiger partial charge in [0, 0.05) is 6.20 Å². The predicted molar refractivity (Wildman–Crippen MR) is 67.5 cm³/mol. The number of hydrogen-bond acceptors (Lipinski definition) is 5. The third-order valence-electron chi connectivity index (χ3n) is 2.55. The summed E-state index contributed by atoms with van der Waals surface area (Å²) in [5.41, 5.74) is 1.10. The molecule has 3 N–H and O–H groups in total. The van der Waals surface area contributed by atoms with Gasteiger partial charge in [-0.3, -0.25) is 10.1 Å². The van der Waals surface area contributed by atoms with Crippen molar-refractivity contribution in [1.82, 2.24) is 19.9 Å². The van der Waals surface area contributed by atoms with Crippen LogP contribution in [0.1, 0.15) is 17.1 Å². The minimum absolute atomic E-state index is 0.00840. The Morgan fingerprint density at radius 1 is 1.42 bits per heavy atom. The quantitative estimate of drug-likeness (QED) is 0.720. The summed E-state index contributed by atoms with van der Waals surface area (Å²) >= 11 is 0. The molecule has 8 heteroatoms. The number of aliphatic hydroxyl groups excluding tert-OH is 1. The van der Waals surface area contributed by atoms with Crippen LogP contribution in [0.15, 0.2) is 29.3 Å². The number of H-pyrrole nitrogens is 1. The topological polar surface area (TPSA) is 108 Å². The van der Waals surface area contributed by atoms with Gasteiger partial charge in [-0.1, -0.05) is 6.07 Å². The van der Waals surface area contributed by atoms with E-state index in [-0.39, 0.29) is 17.1 Å². The van der Waals surface area contributed by atoms with Crippen LogP contribution < -0.4 is 4.72 Å². The number of rotatable bonds is 5. The average Bonchev–Trinajstić information content (AvgIpc) is 2.80. The zero-order valence-corrected chi connectivity index (χ0v) is 11.1. The van der Waals surface area contributed by atoms with Crippen molar-refractivity contribution < 1.29 is 13.5 Å². The van der Waals surface area contributed by atoms with Gasteiger partial charge < -0.3 is 5.11 Å². The van der Waals surface area contributed by atoms with Crippen molar-refractivity contribution in [2.45, 2.75) is 25.0 Å². The lowest BCUT2D eigenvalue weighted by Crippen LogP contribution is -2.25. The Labute approximate surface area is 110 Å². The molecular formula is C11H14N4O3S. The SMILES string of the molecule is Cc1[nH]nc(CO)c1S(=O)(=O)NCc1ccccn1. The maximum absolute atomic E-state index is 12.2. The first kappa shape index (κ1) is 13.7. The van der Waals surface area contributed by atoms with E-state index < -0.39 is 16.6 Å². The maximum atomic E-state index is 12.2.